The Morgan fingerprint density at radius 3 is 2.38 bits per heavy atom. The molecule has 90 valence electrons. The molecule has 0 aliphatic heterocycles. The SMILES string of the molecule is COc1ccc(C(C)(C)CN)cc1C(C)C. The standard InChI is InChI=1S/C14H23NO/c1-10(2)12-8-11(14(3,4)9-15)6-7-13(12)16-5/h6-8,10H,9,15H2,1-5H3. The molecule has 0 amide bonds. The topological polar surface area (TPSA) is 35.2 Å². The van der Waals surface area contributed by atoms with E-state index in [-0.39, 0.29) is 5.41 Å². The van der Waals surface area contributed by atoms with Gasteiger partial charge in [0.15, 0.2) is 0 Å². The predicted molar refractivity (Wildman–Crippen MR) is 69.2 cm³/mol. The zero-order valence-corrected chi connectivity index (χ0v) is 11.0. The van der Waals surface area contributed by atoms with Crippen molar-refractivity contribution < 1.29 is 4.74 Å². The summed E-state index contributed by atoms with van der Waals surface area (Å²) in [6, 6.07) is 6.37. The average Bonchev–Trinajstić information content (AvgIpc) is 2.28. The molecule has 0 saturated heterocycles. The number of hydrogen-bond acceptors (Lipinski definition) is 2. The van der Waals surface area contributed by atoms with Gasteiger partial charge in [-0.15, -0.1) is 0 Å². The summed E-state index contributed by atoms with van der Waals surface area (Å²) in [5.74, 6) is 1.43. The second-order valence-corrected chi connectivity index (χ2v) is 5.20. The van der Waals surface area contributed by atoms with Crippen LogP contribution in [0.3, 0.4) is 0 Å². The molecule has 0 aromatic heterocycles. The fourth-order valence-corrected chi connectivity index (χ4v) is 1.72. The smallest absolute Gasteiger partial charge is 0.122 e. The number of ether oxygens (including phenoxy) is 1. The van der Waals surface area contributed by atoms with Crippen LogP contribution in [0.5, 0.6) is 5.75 Å². The van der Waals surface area contributed by atoms with Gasteiger partial charge in [-0.2, -0.15) is 0 Å². The molecule has 1 aromatic carbocycles. The molecule has 0 fully saturated rings. The summed E-state index contributed by atoms with van der Waals surface area (Å²) in [6.45, 7) is 9.34. The highest BCUT2D eigenvalue weighted by molar-refractivity contribution is 5.41. The highest BCUT2D eigenvalue weighted by Gasteiger charge is 2.20. The molecule has 1 aromatic rings. The van der Waals surface area contributed by atoms with E-state index < -0.39 is 0 Å². The van der Waals surface area contributed by atoms with Gasteiger partial charge in [-0.05, 0) is 23.1 Å². The molecule has 0 spiro atoms. The lowest BCUT2D eigenvalue weighted by Crippen LogP contribution is -2.28. The summed E-state index contributed by atoms with van der Waals surface area (Å²) in [5, 5.41) is 0. The number of hydrogen-bond donors (Lipinski definition) is 1. The van der Waals surface area contributed by atoms with Crippen molar-refractivity contribution in [3.8, 4) is 5.75 Å². The third-order valence-corrected chi connectivity index (χ3v) is 3.14. The Morgan fingerprint density at radius 2 is 1.94 bits per heavy atom. The maximum atomic E-state index is 5.80. The minimum atomic E-state index is 0.0237. The van der Waals surface area contributed by atoms with Crippen LogP contribution in [0.15, 0.2) is 18.2 Å². The van der Waals surface area contributed by atoms with Crippen LogP contribution < -0.4 is 10.5 Å². The first-order chi connectivity index (χ1) is 7.42. The number of nitrogens with two attached hydrogens (primary N) is 1. The summed E-state index contributed by atoms with van der Waals surface area (Å²) in [5.41, 5.74) is 8.36. The molecule has 0 atom stereocenters. The lowest BCUT2D eigenvalue weighted by Gasteiger charge is -2.25. The monoisotopic (exact) mass is 221 g/mol. The molecular weight excluding hydrogens is 198 g/mol. The van der Waals surface area contributed by atoms with Crippen LogP contribution in [0.25, 0.3) is 0 Å². The molecule has 0 heterocycles. The molecule has 0 radical (unpaired) electrons. The van der Waals surface area contributed by atoms with Crippen LogP contribution in [0.2, 0.25) is 0 Å². The quantitative estimate of drug-likeness (QED) is 0.848. The zero-order chi connectivity index (χ0) is 12.3. The van der Waals surface area contributed by atoms with Gasteiger partial charge in [0, 0.05) is 12.0 Å². The summed E-state index contributed by atoms with van der Waals surface area (Å²) in [6.07, 6.45) is 0. The van der Waals surface area contributed by atoms with Crippen LogP contribution >= 0.6 is 0 Å². The summed E-state index contributed by atoms with van der Waals surface area (Å²) in [4.78, 5) is 0. The molecule has 0 aliphatic rings. The van der Waals surface area contributed by atoms with E-state index in [9.17, 15) is 0 Å². The van der Waals surface area contributed by atoms with Crippen molar-refractivity contribution in [3.05, 3.63) is 29.3 Å². The summed E-state index contributed by atoms with van der Waals surface area (Å²) in [7, 11) is 1.72. The molecular formula is C14H23NO. The lowest BCUT2D eigenvalue weighted by molar-refractivity contribution is 0.406. The lowest BCUT2D eigenvalue weighted by atomic mass is 9.83. The van der Waals surface area contributed by atoms with Crippen molar-refractivity contribution in [3.63, 3.8) is 0 Å². The fourth-order valence-electron chi connectivity index (χ4n) is 1.72. The van der Waals surface area contributed by atoms with Gasteiger partial charge in [-0.1, -0.05) is 39.8 Å². The Hall–Kier alpha value is -1.02. The van der Waals surface area contributed by atoms with Crippen molar-refractivity contribution in [2.24, 2.45) is 5.73 Å². The molecule has 0 unspecified atom stereocenters. The molecule has 1 rings (SSSR count). The van der Waals surface area contributed by atoms with Gasteiger partial charge in [0.05, 0.1) is 7.11 Å². The van der Waals surface area contributed by atoms with Crippen molar-refractivity contribution in [1.29, 1.82) is 0 Å². The summed E-state index contributed by atoms with van der Waals surface area (Å²) >= 11 is 0. The Labute approximate surface area is 98.8 Å². The van der Waals surface area contributed by atoms with Crippen molar-refractivity contribution in [1.82, 2.24) is 0 Å². The first-order valence-corrected chi connectivity index (χ1v) is 5.81. The van der Waals surface area contributed by atoms with Crippen LogP contribution in [-0.4, -0.2) is 13.7 Å². The maximum Gasteiger partial charge on any atom is 0.122 e. The van der Waals surface area contributed by atoms with E-state index in [1.165, 1.54) is 11.1 Å². The minimum Gasteiger partial charge on any atom is -0.496 e. The van der Waals surface area contributed by atoms with E-state index in [0.29, 0.717) is 12.5 Å². The first kappa shape index (κ1) is 13.0. The Bertz CT molecular complexity index is 356. The van der Waals surface area contributed by atoms with Gasteiger partial charge in [0.2, 0.25) is 0 Å². The second-order valence-electron chi connectivity index (χ2n) is 5.20. The third-order valence-electron chi connectivity index (χ3n) is 3.14. The highest BCUT2D eigenvalue weighted by Crippen LogP contribution is 2.31. The molecule has 0 saturated carbocycles. The maximum absolute atomic E-state index is 5.80. The van der Waals surface area contributed by atoms with E-state index in [1.807, 2.05) is 6.07 Å². The van der Waals surface area contributed by atoms with E-state index in [0.717, 1.165) is 5.75 Å². The largest absolute Gasteiger partial charge is 0.496 e. The van der Waals surface area contributed by atoms with E-state index in [4.69, 9.17) is 10.5 Å². The van der Waals surface area contributed by atoms with Crippen molar-refractivity contribution in [2.45, 2.75) is 39.0 Å². The van der Waals surface area contributed by atoms with Gasteiger partial charge in [0.1, 0.15) is 5.75 Å². The van der Waals surface area contributed by atoms with Gasteiger partial charge in [0.25, 0.3) is 0 Å². The molecule has 0 aliphatic carbocycles. The number of rotatable bonds is 4. The summed E-state index contributed by atoms with van der Waals surface area (Å²) < 4.78 is 5.38. The Morgan fingerprint density at radius 1 is 1.31 bits per heavy atom. The van der Waals surface area contributed by atoms with E-state index in [1.54, 1.807) is 7.11 Å². The number of methoxy groups -OCH3 is 1. The molecule has 2 nitrogen and oxygen atoms in total. The normalized spacial score (nSPS) is 11.9. The van der Waals surface area contributed by atoms with Gasteiger partial charge in [-0.3, -0.25) is 0 Å². The van der Waals surface area contributed by atoms with Crippen LogP contribution in [0.1, 0.15) is 44.7 Å². The second kappa shape index (κ2) is 4.88. The number of benzene rings is 1. The Balaban J connectivity index is 3.22. The van der Waals surface area contributed by atoms with Crippen LogP contribution in [0.4, 0.5) is 0 Å². The van der Waals surface area contributed by atoms with Gasteiger partial charge < -0.3 is 10.5 Å². The van der Waals surface area contributed by atoms with E-state index in [2.05, 4.69) is 39.8 Å². The van der Waals surface area contributed by atoms with E-state index >= 15 is 0 Å². The molecule has 0 bridgehead atoms. The van der Waals surface area contributed by atoms with Crippen LogP contribution in [-0.2, 0) is 5.41 Å². The highest BCUT2D eigenvalue weighted by atomic mass is 16.5. The third kappa shape index (κ3) is 2.56. The Kier molecular flexibility index (Phi) is 3.98. The van der Waals surface area contributed by atoms with Gasteiger partial charge >= 0.3 is 0 Å². The molecule has 2 N–H and O–H groups in total. The molecule has 16 heavy (non-hydrogen) atoms. The first-order valence-electron chi connectivity index (χ1n) is 5.81. The average molecular weight is 221 g/mol. The van der Waals surface area contributed by atoms with Crippen molar-refractivity contribution in [2.75, 3.05) is 13.7 Å². The van der Waals surface area contributed by atoms with Crippen molar-refractivity contribution >= 4 is 0 Å². The fraction of sp³-hybridized carbons (Fsp3) is 0.571. The van der Waals surface area contributed by atoms with Gasteiger partial charge in [-0.25, -0.2) is 0 Å². The molecule has 2 heteroatoms. The predicted octanol–water partition coefficient (Wildman–Crippen LogP) is 3.05. The zero-order valence-electron chi connectivity index (χ0n) is 11.0. The minimum absolute atomic E-state index is 0.0237. The van der Waals surface area contributed by atoms with Crippen LogP contribution in [0, 0.1) is 0 Å².